The van der Waals surface area contributed by atoms with Crippen molar-refractivity contribution in [1.82, 2.24) is 15.1 Å². The number of benzene rings is 2. The standard InChI is InChI=1S/C24H23F3N4O4/c1-2-9-34-18-7-4-6-17(12-18)31-20(15-5-3-8-19(10-15)35-24(25,26)27)13-21(30-31)29-23(33)16-11-22(32)28-14-16/h3-8,10,12-13,16H,2,9,11,14H2,1H3,(H,28,32)(H,29,30,33)/t16-/m0/s1. The summed E-state index contributed by atoms with van der Waals surface area (Å²) in [6.07, 6.45) is -3.94. The fraction of sp³-hybridized carbons (Fsp3) is 0.292. The van der Waals surface area contributed by atoms with Crippen molar-refractivity contribution in [1.29, 1.82) is 0 Å². The number of nitrogens with zero attached hydrogens (tertiary/aromatic N) is 2. The summed E-state index contributed by atoms with van der Waals surface area (Å²) in [6.45, 7) is 2.72. The summed E-state index contributed by atoms with van der Waals surface area (Å²) in [5, 5.41) is 9.78. The van der Waals surface area contributed by atoms with Crippen LogP contribution in [0.25, 0.3) is 16.9 Å². The molecule has 0 saturated carbocycles. The maximum Gasteiger partial charge on any atom is 0.573 e. The zero-order valence-electron chi connectivity index (χ0n) is 18.8. The topological polar surface area (TPSA) is 94.5 Å². The van der Waals surface area contributed by atoms with Crippen LogP contribution in [0.3, 0.4) is 0 Å². The van der Waals surface area contributed by atoms with Crippen LogP contribution in [-0.2, 0) is 9.59 Å². The van der Waals surface area contributed by atoms with Crippen molar-refractivity contribution < 1.29 is 32.2 Å². The second-order valence-corrected chi connectivity index (χ2v) is 7.94. The van der Waals surface area contributed by atoms with Crippen molar-refractivity contribution in [3.05, 3.63) is 54.6 Å². The quantitative estimate of drug-likeness (QED) is 0.493. The minimum Gasteiger partial charge on any atom is -0.494 e. The second-order valence-electron chi connectivity index (χ2n) is 7.94. The van der Waals surface area contributed by atoms with Gasteiger partial charge in [-0.25, -0.2) is 4.68 Å². The minimum absolute atomic E-state index is 0.0764. The molecule has 8 nitrogen and oxygen atoms in total. The van der Waals surface area contributed by atoms with Gasteiger partial charge in [0.05, 0.1) is 23.9 Å². The van der Waals surface area contributed by atoms with Gasteiger partial charge in [0.2, 0.25) is 11.8 Å². The molecule has 35 heavy (non-hydrogen) atoms. The van der Waals surface area contributed by atoms with Crippen molar-refractivity contribution in [2.45, 2.75) is 26.1 Å². The third-order valence-electron chi connectivity index (χ3n) is 5.21. The van der Waals surface area contributed by atoms with Crippen molar-refractivity contribution in [2.24, 2.45) is 5.92 Å². The SMILES string of the molecule is CCCOc1cccc(-n2nc(NC(=O)[C@@H]3CNC(=O)C3)cc2-c2cccc(OC(F)(F)F)c2)c1. The van der Waals surface area contributed by atoms with Gasteiger partial charge < -0.3 is 20.1 Å². The number of aromatic nitrogens is 2. The fourth-order valence-corrected chi connectivity index (χ4v) is 3.64. The summed E-state index contributed by atoms with van der Waals surface area (Å²) >= 11 is 0. The largest absolute Gasteiger partial charge is 0.573 e. The average Bonchev–Trinajstić information content (AvgIpc) is 3.43. The monoisotopic (exact) mass is 488 g/mol. The van der Waals surface area contributed by atoms with Crippen molar-refractivity contribution in [3.8, 4) is 28.4 Å². The molecule has 0 unspecified atom stereocenters. The number of rotatable bonds is 8. The molecule has 2 aromatic carbocycles. The normalized spacial score (nSPS) is 15.5. The Balaban J connectivity index is 1.71. The Morgan fingerprint density at radius 2 is 1.94 bits per heavy atom. The highest BCUT2D eigenvalue weighted by Crippen LogP contribution is 2.32. The van der Waals surface area contributed by atoms with Gasteiger partial charge in [-0.1, -0.05) is 25.1 Å². The summed E-state index contributed by atoms with van der Waals surface area (Å²) in [6, 6.07) is 14.1. The zero-order chi connectivity index (χ0) is 25.0. The molecule has 1 aliphatic rings. The molecule has 0 radical (unpaired) electrons. The first-order valence-electron chi connectivity index (χ1n) is 11.0. The number of hydrogen-bond acceptors (Lipinski definition) is 5. The van der Waals surface area contributed by atoms with Crippen LogP contribution in [0.5, 0.6) is 11.5 Å². The Morgan fingerprint density at radius 3 is 2.66 bits per heavy atom. The fourth-order valence-electron chi connectivity index (χ4n) is 3.64. The van der Waals surface area contributed by atoms with E-state index in [9.17, 15) is 22.8 Å². The Bertz CT molecular complexity index is 1230. The van der Waals surface area contributed by atoms with Crippen LogP contribution in [0.1, 0.15) is 19.8 Å². The first-order valence-corrected chi connectivity index (χ1v) is 11.0. The number of nitrogens with one attached hydrogen (secondary N) is 2. The highest BCUT2D eigenvalue weighted by atomic mass is 19.4. The number of alkyl halides is 3. The van der Waals surface area contributed by atoms with Crippen molar-refractivity contribution in [2.75, 3.05) is 18.5 Å². The summed E-state index contributed by atoms with van der Waals surface area (Å²) in [7, 11) is 0. The molecular formula is C24H23F3N4O4. The number of hydrogen-bond donors (Lipinski definition) is 2. The van der Waals surface area contributed by atoms with Crippen LogP contribution in [0.2, 0.25) is 0 Å². The van der Waals surface area contributed by atoms with E-state index in [-0.39, 0.29) is 36.3 Å². The number of carbonyl (C=O) groups excluding carboxylic acids is 2. The van der Waals surface area contributed by atoms with Crippen LogP contribution in [0, 0.1) is 5.92 Å². The van der Waals surface area contributed by atoms with E-state index in [0.717, 1.165) is 6.42 Å². The first kappa shape index (κ1) is 24.1. The summed E-state index contributed by atoms with van der Waals surface area (Å²) in [5.74, 6) is -0.725. The number of amides is 2. The Labute approximate surface area is 199 Å². The second kappa shape index (κ2) is 10.1. The molecule has 184 valence electrons. The molecule has 1 atom stereocenters. The van der Waals surface area contributed by atoms with Gasteiger partial charge in [0.25, 0.3) is 0 Å². The zero-order valence-corrected chi connectivity index (χ0v) is 18.8. The van der Waals surface area contributed by atoms with E-state index in [1.165, 1.54) is 22.9 Å². The lowest BCUT2D eigenvalue weighted by Gasteiger charge is -2.12. The van der Waals surface area contributed by atoms with E-state index < -0.39 is 12.3 Å². The number of carbonyl (C=O) groups is 2. The van der Waals surface area contributed by atoms with E-state index in [1.54, 1.807) is 36.4 Å². The molecule has 2 N–H and O–H groups in total. The van der Waals surface area contributed by atoms with E-state index in [1.807, 2.05) is 6.92 Å². The Hall–Kier alpha value is -4.02. The van der Waals surface area contributed by atoms with E-state index in [4.69, 9.17) is 4.74 Å². The molecule has 11 heteroatoms. The van der Waals surface area contributed by atoms with Gasteiger partial charge >= 0.3 is 6.36 Å². The van der Waals surface area contributed by atoms with E-state index in [0.29, 0.717) is 29.3 Å². The van der Waals surface area contributed by atoms with Crippen molar-refractivity contribution >= 4 is 17.6 Å². The predicted molar refractivity (Wildman–Crippen MR) is 121 cm³/mol. The number of anilines is 1. The maximum atomic E-state index is 12.8. The van der Waals surface area contributed by atoms with Crippen LogP contribution >= 0.6 is 0 Å². The summed E-state index contributed by atoms with van der Waals surface area (Å²) < 4.78 is 49.5. The van der Waals surface area contributed by atoms with E-state index in [2.05, 4.69) is 20.5 Å². The first-order chi connectivity index (χ1) is 16.7. The molecule has 1 aliphatic heterocycles. The highest BCUT2D eigenvalue weighted by Gasteiger charge is 2.31. The molecule has 0 bridgehead atoms. The number of halogens is 3. The van der Waals surface area contributed by atoms with Crippen LogP contribution < -0.4 is 20.1 Å². The predicted octanol–water partition coefficient (Wildman–Crippen LogP) is 4.30. The van der Waals surface area contributed by atoms with Gasteiger partial charge in [0.1, 0.15) is 11.5 Å². The van der Waals surface area contributed by atoms with Gasteiger partial charge in [-0.15, -0.1) is 18.3 Å². The lowest BCUT2D eigenvalue weighted by molar-refractivity contribution is -0.274. The molecule has 2 amide bonds. The van der Waals surface area contributed by atoms with Crippen LogP contribution in [0.15, 0.2) is 54.6 Å². The van der Waals surface area contributed by atoms with Gasteiger partial charge in [-0.3, -0.25) is 9.59 Å². The molecule has 3 aromatic rings. The molecular weight excluding hydrogens is 465 g/mol. The smallest absolute Gasteiger partial charge is 0.494 e. The molecule has 1 saturated heterocycles. The van der Waals surface area contributed by atoms with Gasteiger partial charge in [0, 0.05) is 30.7 Å². The summed E-state index contributed by atoms with van der Waals surface area (Å²) in [4.78, 5) is 24.1. The molecule has 1 fully saturated rings. The van der Waals surface area contributed by atoms with Gasteiger partial charge in [-0.05, 0) is 30.7 Å². The van der Waals surface area contributed by atoms with E-state index >= 15 is 0 Å². The van der Waals surface area contributed by atoms with Crippen molar-refractivity contribution in [3.63, 3.8) is 0 Å². The molecule has 2 heterocycles. The average molecular weight is 488 g/mol. The van der Waals surface area contributed by atoms with Crippen LogP contribution in [0.4, 0.5) is 19.0 Å². The minimum atomic E-state index is -4.84. The summed E-state index contributed by atoms with van der Waals surface area (Å²) in [5.41, 5.74) is 1.38. The number of ether oxygens (including phenoxy) is 2. The maximum absolute atomic E-state index is 12.8. The van der Waals surface area contributed by atoms with Gasteiger partial charge in [0.15, 0.2) is 5.82 Å². The molecule has 1 aromatic heterocycles. The Morgan fingerprint density at radius 1 is 1.17 bits per heavy atom. The van der Waals surface area contributed by atoms with Gasteiger partial charge in [-0.2, -0.15) is 0 Å². The molecule has 0 spiro atoms. The third kappa shape index (κ3) is 6.11. The highest BCUT2D eigenvalue weighted by molar-refractivity contribution is 5.97. The lowest BCUT2D eigenvalue weighted by atomic mass is 10.1. The third-order valence-corrected chi connectivity index (χ3v) is 5.21. The van der Waals surface area contributed by atoms with Crippen LogP contribution in [-0.4, -0.2) is 41.1 Å². The molecule has 0 aliphatic carbocycles. The lowest BCUT2D eigenvalue weighted by Crippen LogP contribution is -2.24. The Kier molecular flexibility index (Phi) is 6.94. The molecule has 4 rings (SSSR count).